The molecule has 1 nitrogen and oxygen atoms in total. The Labute approximate surface area is 299 Å². The van der Waals surface area contributed by atoms with Gasteiger partial charge in [-0.3, -0.25) is 0 Å². The number of hydrogen-bond donors (Lipinski definition) is 0. The van der Waals surface area contributed by atoms with E-state index < -0.39 is 0 Å². The molecule has 0 radical (unpaired) electrons. The zero-order valence-corrected chi connectivity index (χ0v) is 29.0. The fourth-order valence-electron chi connectivity index (χ4n) is 8.91. The molecule has 51 heavy (non-hydrogen) atoms. The standard InChI is InChI=1S/C50H38O/c1-31-14-3-6-19-38(31)47-32(2)44(30-45-39-20-11-12-25-46(39)51-50(45)47)35-17-13-18-36(29-35)48-40-21-7-9-23-42(40)49(43-24-10-8-22-41(43)48)37-27-26-33-15-4-5-16-34(33)28-37/h4-13,15-30,39,46H,3,14H2,1-2H3. The highest BCUT2D eigenvalue weighted by atomic mass is 16.5. The van der Waals surface area contributed by atoms with E-state index >= 15 is 0 Å². The van der Waals surface area contributed by atoms with Gasteiger partial charge in [0.1, 0.15) is 11.9 Å². The van der Waals surface area contributed by atoms with Crippen LogP contribution in [0.15, 0.2) is 163 Å². The summed E-state index contributed by atoms with van der Waals surface area (Å²) in [5, 5.41) is 7.61. The van der Waals surface area contributed by atoms with E-state index in [0.29, 0.717) is 0 Å². The third-order valence-corrected chi connectivity index (χ3v) is 11.4. The molecule has 2 aliphatic carbocycles. The summed E-state index contributed by atoms with van der Waals surface area (Å²) in [6.07, 6.45) is 15.7. The Kier molecular flexibility index (Phi) is 6.96. The van der Waals surface area contributed by atoms with Crippen molar-refractivity contribution < 1.29 is 4.74 Å². The van der Waals surface area contributed by atoms with E-state index in [1.165, 1.54) is 93.5 Å². The van der Waals surface area contributed by atoms with Gasteiger partial charge in [0.05, 0.1) is 0 Å². The van der Waals surface area contributed by atoms with Crippen molar-refractivity contribution in [2.45, 2.75) is 38.7 Å². The van der Waals surface area contributed by atoms with Crippen molar-refractivity contribution >= 4 is 37.9 Å². The van der Waals surface area contributed by atoms with Crippen LogP contribution in [0.2, 0.25) is 0 Å². The van der Waals surface area contributed by atoms with Crippen LogP contribution in [0.4, 0.5) is 0 Å². The van der Waals surface area contributed by atoms with Crippen LogP contribution in [0.3, 0.4) is 0 Å². The van der Waals surface area contributed by atoms with E-state index in [9.17, 15) is 0 Å². The highest BCUT2D eigenvalue weighted by Crippen LogP contribution is 2.51. The van der Waals surface area contributed by atoms with Crippen molar-refractivity contribution in [2.24, 2.45) is 0 Å². The van der Waals surface area contributed by atoms with Crippen LogP contribution in [0.5, 0.6) is 5.75 Å². The highest BCUT2D eigenvalue weighted by Gasteiger charge is 2.36. The summed E-state index contributed by atoms with van der Waals surface area (Å²) in [5.74, 6) is 1.27. The number of hydrogen-bond acceptors (Lipinski definition) is 1. The third-order valence-electron chi connectivity index (χ3n) is 11.4. The van der Waals surface area contributed by atoms with Gasteiger partial charge in [0.25, 0.3) is 0 Å². The van der Waals surface area contributed by atoms with Gasteiger partial charge in [0.15, 0.2) is 0 Å². The number of benzene rings is 7. The summed E-state index contributed by atoms with van der Waals surface area (Å²) >= 11 is 0. The van der Waals surface area contributed by atoms with E-state index in [4.69, 9.17) is 4.74 Å². The zero-order chi connectivity index (χ0) is 34.1. The molecule has 3 aliphatic rings. The Hall–Kier alpha value is -5.92. The molecule has 0 spiro atoms. The van der Waals surface area contributed by atoms with Crippen molar-refractivity contribution in [3.05, 3.63) is 180 Å². The maximum Gasteiger partial charge on any atom is 0.132 e. The zero-order valence-electron chi connectivity index (χ0n) is 29.0. The molecule has 1 heterocycles. The van der Waals surface area contributed by atoms with Crippen LogP contribution in [0, 0.1) is 6.92 Å². The molecule has 0 N–H and O–H groups in total. The molecular formula is C50H38O. The van der Waals surface area contributed by atoms with Gasteiger partial charge in [-0.1, -0.05) is 139 Å². The molecule has 0 amide bonds. The monoisotopic (exact) mass is 654 g/mol. The van der Waals surface area contributed by atoms with Crippen LogP contribution in [0.1, 0.15) is 42.4 Å². The average molecular weight is 655 g/mol. The summed E-state index contributed by atoms with van der Waals surface area (Å²) in [6.45, 7) is 4.58. The van der Waals surface area contributed by atoms with Gasteiger partial charge in [0.2, 0.25) is 0 Å². The highest BCUT2D eigenvalue weighted by molar-refractivity contribution is 6.21. The van der Waals surface area contributed by atoms with Gasteiger partial charge in [-0.15, -0.1) is 0 Å². The SMILES string of the molecule is CC1=C(c2c(C)c(-c3cccc(-c4c5ccccc5c(-c5ccc6ccccc6c5)c5ccccc45)c3)cc3c2OC2C=CC=CC32)C=CCC1. The smallest absolute Gasteiger partial charge is 0.132 e. The van der Waals surface area contributed by atoms with E-state index in [1.807, 2.05) is 0 Å². The van der Waals surface area contributed by atoms with Crippen LogP contribution < -0.4 is 4.74 Å². The van der Waals surface area contributed by atoms with E-state index in [1.54, 1.807) is 0 Å². The minimum absolute atomic E-state index is 0.0389. The Morgan fingerprint density at radius 3 is 1.94 bits per heavy atom. The van der Waals surface area contributed by atoms with Crippen molar-refractivity contribution in [3.8, 4) is 39.1 Å². The molecule has 7 aromatic rings. The average Bonchev–Trinajstić information content (AvgIpc) is 3.55. The summed E-state index contributed by atoms with van der Waals surface area (Å²) < 4.78 is 6.77. The minimum Gasteiger partial charge on any atom is -0.484 e. The van der Waals surface area contributed by atoms with Crippen LogP contribution in [-0.2, 0) is 0 Å². The molecule has 10 rings (SSSR count). The van der Waals surface area contributed by atoms with E-state index in [2.05, 4.69) is 172 Å². The first-order valence-electron chi connectivity index (χ1n) is 18.2. The van der Waals surface area contributed by atoms with Crippen molar-refractivity contribution in [2.75, 3.05) is 0 Å². The molecule has 0 fully saturated rings. The first-order chi connectivity index (χ1) is 25.1. The molecule has 0 aromatic heterocycles. The van der Waals surface area contributed by atoms with Crippen LogP contribution >= 0.6 is 0 Å². The number of rotatable bonds is 4. The molecule has 1 aliphatic heterocycles. The van der Waals surface area contributed by atoms with Crippen LogP contribution in [0.25, 0.3) is 71.3 Å². The van der Waals surface area contributed by atoms with Crippen molar-refractivity contribution in [1.29, 1.82) is 0 Å². The van der Waals surface area contributed by atoms with Gasteiger partial charge in [-0.25, -0.2) is 0 Å². The molecule has 2 unspecified atom stereocenters. The molecular weight excluding hydrogens is 617 g/mol. The number of ether oxygens (including phenoxy) is 1. The second kappa shape index (κ2) is 11.9. The number of allylic oxidation sites excluding steroid dienone is 6. The second-order valence-corrected chi connectivity index (χ2v) is 14.3. The van der Waals surface area contributed by atoms with E-state index in [0.717, 1.165) is 18.6 Å². The summed E-state index contributed by atoms with van der Waals surface area (Å²) in [7, 11) is 0. The molecule has 2 atom stereocenters. The quantitative estimate of drug-likeness (QED) is 0.172. The van der Waals surface area contributed by atoms with Gasteiger partial charge < -0.3 is 4.74 Å². The van der Waals surface area contributed by atoms with Crippen molar-refractivity contribution in [1.82, 2.24) is 0 Å². The topological polar surface area (TPSA) is 9.23 Å². The molecule has 0 saturated carbocycles. The maximum atomic E-state index is 6.77. The molecule has 1 heteroatoms. The molecule has 7 aromatic carbocycles. The van der Waals surface area contributed by atoms with Gasteiger partial charge in [0, 0.05) is 17.0 Å². The normalized spacial score (nSPS) is 17.7. The molecule has 0 bridgehead atoms. The largest absolute Gasteiger partial charge is 0.484 e. The van der Waals surface area contributed by atoms with Gasteiger partial charge in [-0.2, -0.15) is 0 Å². The number of fused-ring (bicyclic) bond motifs is 6. The first kappa shape index (κ1) is 29.9. The predicted octanol–water partition coefficient (Wildman–Crippen LogP) is 13.5. The van der Waals surface area contributed by atoms with E-state index in [-0.39, 0.29) is 12.0 Å². The predicted molar refractivity (Wildman–Crippen MR) is 216 cm³/mol. The molecule has 244 valence electrons. The lowest BCUT2D eigenvalue weighted by Gasteiger charge is -2.22. The minimum atomic E-state index is 0.0389. The summed E-state index contributed by atoms with van der Waals surface area (Å²) in [4.78, 5) is 0. The van der Waals surface area contributed by atoms with Crippen LogP contribution in [-0.4, -0.2) is 6.10 Å². The lowest BCUT2D eigenvalue weighted by molar-refractivity contribution is 0.268. The fourth-order valence-corrected chi connectivity index (χ4v) is 8.91. The fraction of sp³-hybridized carbons (Fsp3) is 0.120. The third kappa shape index (κ3) is 4.76. The summed E-state index contributed by atoms with van der Waals surface area (Å²) in [5.41, 5.74) is 14.1. The maximum absolute atomic E-state index is 6.77. The lowest BCUT2D eigenvalue weighted by atomic mass is 9.81. The Morgan fingerprint density at radius 2 is 1.22 bits per heavy atom. The second-order valence-electron chi connectivity index (χ2n) is 14.3. The van der Waals surface area contributed by atoms with Gasteiger partial charge >= 0.3 is 0 Å². The first-order valence-corrected chi connectivity index (χ1v) is 18.2. The lowest BCUT2D eigenvalue weighted by Crippen LogP contribution is -2.15. The van der Waals surface area contributed by atoms with Gasteiger partial charge in [-0.05, 0) is 128 Å². The van der Waals surface area contributed by atoms with Crippen molar-refractivity contribution in [3.63, 3.8) is 0 Å². The Balaban J connectivity index is 1.20. The molecule has 0 saturated heterocycles. The Morgan fingerprint density at radius 1 is 0.569 bits per heavy atom. The summed E-state index contributed by atoms with van der Waals surface area (Å²) in [6, 6.07) is 45.1. The Bertz CT molecular complexity index is 2640.